The zero-order valence-corrected chi connectivity index (χ0v) is 12.2. The van der Waals surface area contributed by atoms with E-state index in [4.69, 9.17) is 0 Å². The maximum Gasteiger partial charge on any atom is 0.245 e. The molecule has 1 aliphatic heterocycles. The van der Waals surface area contributed by atoms with Crippen LogP contribution >= 0.6 is 15.9 Å². The van der Waals surface area contributed by atoms with Gasteiger partial charge in [-0.2, -0.15) is 4.98 Å². The third-order valence-corrected chi connectivity index (χ3v) is 3.56. The SMILES string of the molecule is C[C@@H]1CN(c2n[nH]c(-c3ccc(Br)cn3)n2)CCN1. The molecule has 6 nitrogen and oxygen atoms in total. The van der Waals surface area contributed by atoms with Gasteiger partial charge in [0.15, 0.2) is 5.82 Å². The molecule has 0 aliphatic carbocycles. The first-order valence-corrected chi connectivity index (χ1v) is 7.04. The van der Waals surface area contributed by atoms with Crippen molar-refractivity contribution in [2.45, 2.75) is 13.0 Å². The fraction of sp³-hybridized carbons (Fsp3) is 0.417. The molecule has 2 aromatic heterocycles. The van der Waals surface area contributed by atoms with E-state index in [0.717, 1.165) is 35.7 Å². The minimum absolute atomic E-state index is 0.460. The highest BCUT2D eigenvalue weighted by Crippen LogP contribution is 2.18. The van der Waals surface area contributed by atoms with E-state index in [1.54, 1.807) is 6.20 Å². The summed E-state index contributed by atoms with van der Waals surface area (Å²) in [7, 11) is 0. The Hall–Kier alpha value is -1.47. The van der Waals surface area contributed by atoms with Gasteiger partial charge < -0.3 is 10.2 Å². The molecule has 19 heavy (non-hydrogen) atoms. The predicted octanol–water partition coefficient (Wildman–Crippen LogP) is 1.43. The summed E-state index contributed by atoms with van der Waals surface area (Å²) in [5.41, 5.74) is 0.796. The number of rotatable bonds is 2. The number of pyridine rings is 1. The van der Waals surface area contributed by atoms with Gasteiger partial charge in [0.25, 0.3) is 0 Å². The van der Waals surface area contributed by atoms with Crippen molar-refractivity contribution in [1.82, 2.24) is 25.5 Å². The van der Waals surface area contributed by atoms with E-state index in [0.29, 0.717) is 11.9 Å². The van der Waals surface area contributed by atoms with Gasteiger partial charge >= 0.3 is 0 Å². The van der Waals surface area contributed by atoms with Gasteiger partial charge in [-0.25, -0.2) is 0 Å². The van der Waals surface area contributed by atoms with E-state index < -0.39 is 0 Å². The number of piperazine rings is 1. The number of aromatic amines is 1. The Morgan fingerprint density at radius 1 is 1.42 bits per heavy atom. The molecule has 100 valence electrons. The second kappa shape index (κ2) is 5.26. The lowest BCUT2D eigenvalue weighted by atomic mass is 10.2. The molecule has 0 bridgehead atoms. The van der Waals surface area contributed by atoms with E-state index >= 15 is 0 Å². The second-order valence-electron chi connectivity index (χ2n) is 4.65. The number of nitrogens with zero attached hydrogens (tertiary/aromatic N) is 4. The van der Waals surface area contributed by atoms with Crippen LogP contribution in [0.5, 0.6) is 0 Å². The van der Waals surface area contributed by atoms with E-state index in [-0.39, 0.29) is 0 Å². The van der Waals surface area contributed by atoms with Crippen LogP contribution < -0.4 is 10.2 Å². The molecule has 3 heterocycles. The van der Waals surface area contributed by atoms with E-state index in [1.807, 2.05) is 12.1 Å². The van der Waals surface area contributed by atoms with Crippen molar-refractivity contribution in [3.63, 3.8) is 0 Å². The first-order chi connectivity index (χ1) is 9.22. The quantitative estimate of drug-likeness (QED) is 0.875. The normalized spacial score (nSPS) is 19.7. The van der Waals surface area contributed by atoms with Crippen molar-refractivity contribution in [2.75, 3.05) is 24.5 Å². The smallest absolute Gasteiger partial charge is 0.245 e. The Kier molecular flexibility index (Phi) is 3.48. The lowest BCUT2D eigenvalue weighted by Gasteiger charge is -2.30. The number of hydrogen-bond donors (Lipinski definition) is 2. The van der Waals surface area contributed by atoms with Gasteiger partial charge in [0, 0.05) is 36.3 Å². The number of hydrogen-bond acceptors (Lipinski definition) is 5. The van der Waals surface area contributed by atoms with E-state index in [9.17, 15) is 0 Å². The fourth-order valence-corrected chi connectivity index (χ4v) is 2.37. The first kappa shape index (κ1) is 12.6. The van der Waals surface area contributed by atoms with Crippen LogP contribution in [0.4, 0.5) is 5.95 Å². The lowest BCUT2D eigenvalue weighted by molar-refractivity contribution is 0.480. The molecular weight excluding hydrogens is 308 g/mol. The van der Waals surface area contributed by atoms with Crippen LogP contribution in [0.15, 0.2) is 22.8 Å². The van der Waals surface area contributed by atoms with Crippen LogP contribution in [-0.2, 0) is 0 Å². The van der Waals surface area contributed by atoms with Gasteiger partial charge in [-0.3, -0.25) is 10.1 Å². The van der Waals surface area contributed by atoms with Crippen molar-refractivity contribution in [3.8, 4) is 11.5 Å². The van der Waals surface area contributed by atoms with Crippen LogP contribution in [0.2, 0.25) is 0 Å². The molecule has 0 amide bonds. The van der Waals surface area contributed by atoms with Crippen LogP contribution in [0.25, 0.3) is 11.5 Å². The monoisotopic (exact) mass is 322 g/mol. The van der Waals surface area contributed by atoms with Gasteiger partial charge in [0.2, 0.25) is 5.95 Å². The largest absolute Gasteiger partial charge is 0.337 e. The minimum atomic E-state index is 0.460. The molecule has 0 aromatic carbocycles. The summed E-state index contributed by atoms with van der Waals surface area (Å²) in [4.78, 5) is 11.0. The molecule has 1 aliphatic rings. The summed E-state index contributed by atoms with van der Waals surface area (Å²) >= 11 is 3.37. The standard InChI is InChI=1S/C12H15BrN6/c1-8-7-19(5-4-14-8)12-16-11(17-18-12)10-3-2-9(13)6-15-10/h2-3,6,8,14H,4-5,7H2,1H3,(H,16,17,18)/t8-/m1/s1. The third kappa shape index (κ3) is 2.76. The van der Waals surface area contributed by atoms with Crippen LogP contribution in [-0.4, -0.2) is 45.8 Å². The average molecular weight is 323 g/mol. The third-order valence-electron chi connectivity index (χ3n) is 3.10. The fourth-order valence-electron chi connectivity index (χ4n) is 2.14. The molecule has 0 radical (unpaired) electrons. The van der Waals surface area contributed by atoms with Crippen molar-refractivity contribution in [3.05, 3.63) is 22.8 Å². The minimum Gasteiger partial charge on any atom is -0.337 e. The molecule has 1 saturated heterocycles. The Labute approximate surface area is 119 Å². The van der Waals surface area contributed by atoms with E-state index in [1.165, 1.54) is 0 Å². The highest BCUT2D eigenvalue weighted by atomic mass is 79.9. The molecule has 3 rings (SSSR count). The summed E-state index contributed by atoms with van der Waals surface area (Å²) < 4.78 is 0.951. The zero-order valence-electron chi connectivity index (χ0n) is 10.6. The predicted molar refractivity (Wildman–Crippen MR) is 77.0 cm³/mol. The van der Waals surface area contributed by atoms with Crippen molar-refractivity contribution in [2.24, 2.45) is 0 Å². The van der Waals surface area contributed by atoms with Crippen molar-refractivity contribution >= 4 is 21.9 Å². The molecule has 2 aromatic rings. The number of H-pyrrole nitrogens is 1. The average Bonchev–Trinajstić information content (AvgIpc) is 2.89. The molecule has 0 saturated carbocycles. The van der Waals surface area contributed by atoms with Gasteiger partial charge in [0.1, 0.15) is 5.69 Å². The number of anilines is 1. The maximum absolute atomic E-state index is 4.52. The van der Waals surface area contributed by atoms with Gasteiger partial charge in [0.05, 0.1) is 0 Å². The van der Waals surface area contributed by atoms with Crippen LogP contribution in [0.3, 0.4) is 0 Å². The molecule has 0 spiro atoms. The summed E-state index contributed by atoms with van der Waals surface area (Å²) in [6.07, 6.45) is 1.75. The Bertz CT molecular complexity index is 552. The summed E-state index contributed by atoms with van der Waals surface area (Å²) in [5, 5.41) is 10.6. The molecule has 7 heteroatoms. The lowest BCUT2D eigenvalue weighted by Crippen LogP contribution is -2.49. The highest BCUT2D eigenvalue weighted by Gasteiger charge is 2.19. The van der Waals surface area contributed by atoms with Gasteiger partial charge in [-0.05, 0) is 35.0 Å². The number of nitrogens with one attached hydrogen (secondary N) is 2. The molecule has 1 fully saturated rings. The highest BCUT2D eigenvalue weighted by molar-refractivity contribution is 9.10. The molecule has 0 unspecified atom stereocenters. The van der Waals surface area contributed by atoms with Gasteiger partial charge in [-0.1, -0.05) is 0 Å². The number of aromatic nitrogens is 4. The molecular formula is C12H15BrN6. The Morgan fingerprint density at radius 3 is 3.05 bits per heavy atom. The van der Waals surface area contributed by atoms with Crippen molar-refractivity contribution < 1.29 is 0 Å². The number of halogens is 1. The molecule has 1 atom stereocenters. The molecule has 2 N–H and O–H groups in total. The summed E-state index contributed by atoms with van der Waals surface area (Å²) in [6, 6.07) is 4.31. The Morgan fingerprint density at radius 2 is 2.32 bits per heavy atom. The van der Waals surface area contributed by atoms with E-state index in [2.05, 4.69) is 53.2 Å². The van der Waals surface area contributed by atoms with Crippen LogP contribution in [0.1, 0.15) is 6.92 Å². The maximum atomic E-state index is 4.52. The first-order valence-electron chi connectivity index (χ1n) is 6.25. The summed E-state index contributed by atoms with van der Waals surface area (Å²) in [5.74, 6) is 1.45. The summed E-state index contributed by atoms with van der Waals surface area (Å²) in [6.45, 7) is 4.97. The van der Waals surface area contributed by atoms with Gasteiger partial charge in [-0.15, -0.1) is 5.10 Å². The zero-order chi connectivity index (χ0) is 13.2. The second-order valence-corrected chi connectivity index (χ2v) is 5.56. The topological polar surface area (TPSA) is 69.7 Å². The van der Waals surface area contributed by atoms with Crippen molar-refractivity contribution in [1.29, 1.82) is 0 Å². The van der Waals surface area contributed by atoms with Crippen LogP contribution in [0, 0.1) is 0 Å². The Balaban J connectivity index is 1.81.